The Labute approximate surface area is 102 Å². The molecule has 0 radical (unpaired) electrons. The summed E-state index contributed by atoms with van der Waals surface area (Å²) < 4.78 is 4.85. The Bertz CT molecular complexity index is 267. The first-order valence-electron chi connectivity index (χ1n) is 6.27. The third-order valence-electron chi connectivity index (χ3n) is 3.12. The Morgan fingerprint density at radius 1 is 1.47 bits per heavy atom. The minimum Gasteiger partial charge on any atom is -0.481 e. The second kappa shape index (κ2) is 7.14. The van der Waals surface area contributed by atoms with Crippen LogP contribution in [0, 0.1) is 5.92 Å². The van der Waals surface area contributed by atoms with Crippen LogP contribution >= 0.6 is 0 Å². The van der Waals surface area contributed by atoms with Gasteiger partial charge in [-0.3, -0.25) is 4.79 Å². The Morgan fingerprint density at radius 2 is 2.24 bits per heavy atom. The van der Waals surface area contributed by atoms with E-state index in [2.05, 4.69) is 6.92 Å². The van der Waals surface area contributed by atoms with Crippen LogP contribution in [0.5, 0.6) is 0 Å². The predicted octanol–water partition coefficient (Wildman–Crippen LogP) is 2.11. The molecule has 98 valence electrons. The molecule has 1 amide bonds. The van der Waals surface area contributed by atoms with Crippen LogP contribution in [0.2, 0.25) is 0 Å². The second-order valence-corrected chi connectivity index (χ2v) is 4.48. The summed E-state index contributed by atoms with van der Waals surface area (Å²) in [5.74, 6) is -0.351. The van der Waals surface area contributed by atoms with Gasteiger partial charge in [0.2, 0.25) is 0 Å². The maximum atomic E-state index is 11.2. The molecule has 0 aromatic rings. The molecule has 0 aromatic carbocycles. The number of cyclic esters (lactones) is 1. The van der Waals surface area contributed by atoms with Crippen molar-refractivity contribution >= 4 is 12.1 Å². The van der Waals surface area contributed by atoms with Gasteiger partial charge in [0.05, 0.1) is 6.54 Å². The highest BCUT2D eigenvalue weighted by molar-refractivity contribution is 5.69. The van der Waals surface area contributed by atoms with Crippen molar-refractivity contribution in [1.29, 1.82) is 0 Å². The average molecular weight is 243 g/mol. The molecule has 0 bridgehead atoms. The van der Waals surface area contributed by atoms with E-state index < -0.39 is 5.97 Å². The maximum Gasteiger partial charge on any atom is 0.409 e. The maximum absolute atomic E-state index is 11.2. The zero-order valence-electron chi connectivity index (χ0n) is 10.4. The minimum absolute atomic E-state index is 0.217. The van der Waals surface area contributed by atoms with Gasteiger partial charge < -0.3 is 14.7 Å². The van der Waals surface area contributed by atoms with Gasteiger partial charge in [0.1, 0.15) is 6.61 Å². The van der Waals surface area contributed by atoms with Gasteiger partial charge in [0, 0.05) is 13.0 Å². The molecule has 1 heterocycles. The molecular formula is C12H21NO4. The molecule has 0 aromatic heterocycles. The van der Waals surface area contributed by atoms with E-state index in [9.17, 15) is 9.59 Å². The molecular weight excluding hydrogens is 222 g/mol. The topological polar surface area (TPSA) is 66.8 Å². The number of rotatable bonds is 8. The molecule has 1 rings (SSSR count). The standard InChI is InChI=1S/C12H21NO4/c1-2-3-10(4-5-11(14)15)6-7-13-8-9-17-12(13)16/h10H,2-9H2,1H3,(H,14,15). The smallest absolute Gasteiger partial charge is 0.409 e. The fraction of sp³-hybridized carbons (Fsp3) is 0.833. The molecule has 0 aliphatic carbocycles. The van der Waals surface area contributed by atoms with Crippen LogP contribution in [0.15, 0.2) is 0 Å². The molecule has 1 atom stereocenters. The summed E-state index contributed by atoms with van der Waals surface area (Å²) in [5.41, 5.74) is 0. The van der Waals surface area contributed by atoms with E-state index in [1.165, 1.54) is 0 Å². The van der Waals surface area contributed by atoms with Crippen LogP contribution in [-0.2, 0) is 9.53 Å². The zero-order valence-corrected chi connectivity index (χ0v) is 10.4. The number of hydrogen-bond donors (Lipinski definition) is 1. The number of ether oxygens (including phenoxy) is 1. The van der Waals surface area contributed by atoms with E-state index in [4.69, 9.17) is 9.84 Å². The molecule has 1 N–H and O–H groups in total. The summed E-state index contributed by atoms with van der Waals surface area (Å²) in [7, 11) is 0. The molecule has 1 aliphatic heterocycles. The number of nitrogens with zero attached hydrogens (tertiary/aromatic N) is 1. The Kier molecular flexibility index (Phi) is 5.80. The van der Waals surface area contributed by atoms with Gasteiger partial charge in [-0.25, -0.2) is 4.79 Å². The van der Waals surface area contributed by atoms with Gasteiger partial charge >= 0.3 is 12.1 Å². The highest BCUT2D eigenvalue weighted by Gasteiger charge is 2.22. The van der Waals surface area contributed by atoms with Crippen molar-refractivity contribution in [2.75, 3.05) is 19.7 Å². The predicted molar refractivity (Wildman–Crippen MR) is 62.8 cm³/mol. The van der Waals surface area contributed by atoms with Crippen LogP contribution in [0.3, 0.4) is 0 Å². The van der Waals surface area contributed by atoms with Crippen LogP contribution in [-0.4, -0.2) is 41.8 Å². The van der Waals surface area contributed by atoms with E-state index in [1.807, 2.05) is 0 Å². The van der Waals surface area contributed by atoms with Crippen molar-refractivity contribution < 1.29 is 19.4 Å². The average Bonchev–Trinajstić information content (AvgIpc) is 2.68. The Morgan fingerprint density at radius 3 is 2.76 bits per heavy atom. The molecule has 1 saturated heterocycles. The number of carboxylic acids is 1. The van der Waals surface area contributed by atoms with Gasteiger partial charge in [-0.2, -0.15) is 0 Å². The fourth-order valence-electron chi connectivity index (χ4n) is 2.14. The number of amides is 1. The van der Waals surface area contributed by atoms with Crippen molar-refractivity contribution in [1.82, 2.24) is 4.90 Å². The molecule has 0 saturated carbocycles. The summed E-state index contributed by atoms with van der Waals surface area (Å²) in [6.07, 6.45) is 3.63. The molecule has 5 heteroatoms. The Hall–Kier alpha value is -1.26. The fourth-order valence-corrected chi connectivity index (χ4v) is 2.14. The third-order valence-corrected chi connectivity index (χ3v) is 3.12. The quantitative estimate of drug-likeness (QED) is 0.709. The summed E-state index contributed by atoms with van der Waals surface area (Å²) in [4.78, 5) is 23.5. The first-order valence-corrected chi connectivity index (χ1v) is 6.27. The normalized spacial score (nSPS) is 17.0. The first-order chi connectivity index (χ1) is 8.13. The third kappa shape index (κ3) is 5.06. The molecule has 17 heavy (non-hydrogen) atoms. The monoisotopic (exact) mass is 243 g/mol. The SMILES string of the molecule is CCCC(CCC(=O)O)CCN1CCOC1=O. The second-order valence-electron chi connectivity index (χ2n) is 4.48. The number of carbonyl (C=O) groups is 2. The van der Waals surface area contributed by atoms with Crippen molar-refractivity contribution in [2.45, 2.75) is 39.0 Å². The van der Waals surface area contributed by atoms with Crippen molar-refractivity contribution in [3.05, 3.63) is 0 Å². The van der Waals surface area contributed by atoms with E-state index in [0.29, 0.717) is 32.0 Å². The molecule has 1 fully saturated rings. The van der Waals surface area contributed by atoms with E-state index in [-0.39, 0.29) is 12.5 Å². The summed E-state index contributed by atoms with van der Waals surface area (Å²) in [6, 6.07) is 0. The first kappa shape index (κ1) is 13.8. The van der Waals surface area contributed by atoms with Crippen molar-refractivity contribution in [2.24, 2.45) is 5.92 Å². The van der Waals surface area contributed by atoms with Gasteiger partial charge in [0.25, 0.3) is 0 Å². The van der Waals surface area contributed by atoms with E-state index in [0.717, 1.165) is 19.3 Å². The lowest BCUT2D eigenvalue weighted by Gasteiger charge is -2.18. The highest BCUT2D eigenvalue weighted by atomic mass is 16.6. The number of carboxylic acid groups (broad SMARTS) is 1. The lowest BCUT2D eigenvalue weighted by Crippen LogP contribution is -2.27. The molecule has 1 unspecified atom stereocenters. The molecule has 1 aliphatic rings. The lowest BCUT2D eigenvalue weighted by atomic mass is 9.94. The van der Waals surface area contributed by atoms with Crippen LogP contribution in [0.4, 0.5) is 4.79 Å². The van der Waals surface area contributed by atoms with Crippen LogP contribution in [0.1, 0.15) is 39.0 Å². The number of carbonyl (C=O) groups excluding carboxylic acids is 1. The highest BCUT2D eigenvalue weighted by Crippen LogP contribution is 2.19. The number of hydrogen-bond acceptors (Lipinski definition) is 3. The number of aliphatic carboxylic acids is 1. The van der Waals surface area contributed by atoms with Crippen LogP contribution in [0.25, 0.3) is 0 Å². The molecule has 0 spiro atoms. The van der Waals surface area contributed by atoms with Gasteiger partial charge in [-0.1, -0.05) is 19.8 Å². The van der Waals surface area contributed by atoms with Gasteiger partial charge in [0.15, 0.2) is 0 Å². The van der Waals surface area contributed by atoms with Gasteiger partial charge in [-0.05, 0) is 18.8 Å². The summed E-state index contributed by atoms with van der Waals surface area (Å²) >= 11 is 0. The Balaban J connectivity index is 2.27. The van der Waals surface area contributed by atoms with Crippen molar-refractivity contribution in [3.63, 3.8) is 0 Å². The van der Waals surface area contributed by atoms with E-state index in [1.54, 1.807) is 4.90 Å². The minimum atomic E-state index is -0.744. The van der Waals surface area contributed by atoms with Crippen molar-refractivity contribution in [3.8, 4) is 0 Å². The van der Waals surface area contributed by atoms with Crippen LogP contribution < -0.4 is 0 Å². The van der Waals surface area contributed by atoms with Gasteiger partial charge in [-0.15, -0.1) is 0 Å². The molecule has 5 nitrogen and oxygen atoms in total. The zero-order chi connectivity index (χ0) is 12.7. The van der Waals surface area contributed by atoms with E-state index >= 15 is 0 Å². The lowest BCUT2D eigenvalue weighted by molar-refractivity contribution is -0.137. The largest absolute Gasteiger partial charge is 0.481 e. The summed E-state index contributed by atoms with van der Waals surface area (Å²) in [6.45, 7) is 3.92. The summed E-state index contributed by atoms with van der Waals surface area (Å²) in [5, 5.41) is 8.67.